The third-order valence-corrected chi connectivity index (χ3v) is 3.92. The summed E-state index contributed by atoms with van der Waals surface area (Å²) in [6.45, 7) is 2.04. The van der Waals surface area contributed by atoms with Crippen LogP contribution in [0.2, 0.25) is 0 Å². The van der Waals surface area contributed by atoms with Gasteiger partial charge in [0.2, 0.25) is 0 Å². The Morgan fingerprint density at radius 2 is 2.17 bits per heavy atom. The number of nitrogens with zero attached hydrogens (tertiary/aromatic N) is 1. The van der Waals surface area contributed by atoms with Crippen LogP contribution in [-0.2, 0) is 5.54 Å². The fourth-order valence-electron chi connectivity index (χ4n) is 2.76. The number of carbonyl (C=O) groups is 1. The van der Waals surface area contributed by atoms with E-state index in [0.29, 0.717) is 11.0 Å². The van der Waals surface area contributed by atoms with Crippen LogP contribution in [0.4, 0.5) is 0 Å². The highest BCUT2D eigenvalue weighted by molar-refractivity contribution is 6.00. The molecule has 1 aromatic heterocycles. The summed E-state index contributed by atoms with van der Waals surface area (Å²) in [6, 6.07) is 4.98. The van der Waals surface area contributed by atoms with Crippen LogP contribution in [0.15, 0.2) is 23.0 Å². The minimum atomic E-state index is -1.02. The number of imidazole rings is 1. The molecule has 1 aliphatic carbocycles. The lowest BCUT2D eigenvalue weighted by atomic mass is 9.78. The van der Waals surface area contributed by atoms with E-state index in [0.717, 1.165) is 19.3 Å². The molecule has 1 saturated carbocycles. The number of rotatable bonds is 2. The van der Waals surface area contributed by atoms with Gasteiger partial charge in [-0.25, -0.2) is 9.59 Å². The van der Waals surface area contributed by atoms with Gasteiger partial charge in [0, 0.05) is 5.54 Å². The molecule has 0 aliphatic heterocycles. The number of benzene rings is 1. The van der Waals surface area contributed by atoms with Gasteiger partial charge in [0.05, 0.1) is 16.6 Å². The molecular formula is C13H14N2O3. The average Bonchev–Trinajstić information content (AvgIpc) is 2.61. The second-order valence-electron chi connectivity index (χ2n) is 5.12. The lowest BCUT2D eigenvalue weighted by Crippen LogP contribution is -2.42. The number of carboxylic acids is 1. The Morgan fingerprint density at radius 1 is 1.44 bits per heavy atom. The van der Waals surface area contributed by atoms with Crippen molar-refractivity contribution in [1.82, 2.24) is 9.55 Å². The highest BCUT2D eigenvalue weighted by Crippen LogP contribution is 2.39. The second-order valence-corrected chi connectivity index (χ2v) is 5.12. The lowest BCUT2D eigenvalue weighted by Gasteiger charge is -2.39. The first-order chi connectivity index (χ1) is 8.53. The number of fused-ring (bicyclic) bond motifs is 1. The van der Waals surface area contributed by atoms with Gasteiger partial charge in [0.1, 0.15) is 0 Å². The van der Waals surface area contributed by atoms with Crippen LogP contribution in [0.1, 0.15) is 36.5 Å². The van der Waals surface area contributed by atoms with Crippen LogP contribution in [0.25, 0.3) is 11.0 Å². The number of nitrogens with one attached hydrogen (secondary N) is 1. The number of aromatic carboxylic acids is 1. The maximum Gasteiger partial charge on any atom is 0.337 e. The number of H-pyrrole nitrogens is 1. The van der Waals surface area contributed by atoms with Gasteiger partial charge in [0.25, 0.3) is 0 Å². The number of aromatic amines is 1. The van der Waals surface area contributed by atoms with Crippen molar-refractivity contribution in [2.75, 3.05) is 0 Å². The Labute approximate surface area is 103 Å². The number of aromatic nitrogens is 2. The van der Waals surface area contributed by atoms with Gasteiger partial charge in [-0.1, -0.05) is 6.07 Å². The highest BCUT2D eigenvalue weighted by Gasteiger charge is 2.36. The SMILES string of the molecule is CC1(n2c(=O)[nH]c3c(C(=O)O)cccc32)CCC1. The van der Waals surface area contributed by atoms with Crippen molar-refractivity contribution in [3.63, 3.8) is 0 Å². The molecule has 0 saturated heterocycles. The summed E-state index contributed by atoms with van der Waals surface area (Å²) in [5, 5.41) is 9.13. The van der Waals surface area contributed by atoms with E-state index in [2.05, 4.69) is 4.98 Å². The van der Waals surface area contributed by atoms with Crippen LogP contribution in [0.3, 0.4) is 0 Å². The molecule has 2 N–H and O–H groups in total. The largest absolute Gasteiger partial charge is 0.478 e. The van der Waals surface area contributed by atoms with E-state index in [9.17, 15) is 9.59 Å². The number of hydrogen-bond acceptors (Lipinski definition) is 2. The Morgan fingerprint density at radius 3 is 2.72 bits per heavy atom. The quantitative estimate of drug-likeness (QED) is 0.850. The fraction of sp³-hybridized carbons (Fsp3) is 0.385. The molecule has 1 aromatic carbocycles. The number of hydrogen-bond donors (Lipinski definition) is 2. The zero-order valence-electron chi connectivity index (χ0n) is 10.1. The van der Waals surface area contributed by atoms with E-state index in [1.165, 1.54) is 6.07 Å². The van der Waals surface area contributed by atoms with E-state index in [4.69, 9.17) is 5.11 Å². The first-order valence-electron chi connectivity index (χ1n) is 6.00. The third kappa shape index (κ3) is 1.33. The Kier molecular flexibility index (Phi) is 2.14. The summed E-state index contributed by atoms with van der Waals surface area (Å²) in [5.41, 5.74) is 0.851. The van der Waals surface area contributed by atoms with Crippen molar-refractivity contribution in [2.24, 2.45) is 0 Å². The van der Waals surface area contributed by atoms with Gasteiger partial charge in [-0.05, 0) is 38.3 Å². The predicted octanol–water partition coefficient (Wildman–Crippen LogP) is 1.93. The van der Waals surface area contributed by atoms with E-state index in [1.54, 1.807) is 16.7 Å². The summed E-state index contributed by atoms with van der Waals surface area (Å²) >= 11 is 0. The number of carboxylic acid groups (broad SMARTS) is 1. The standard InChI is InChI=1S/C13H14N2O3/c1-13(6-3-7-13)15-9-5-2-4-8(11(16)17)10(9)14-12(15)18/h2,4-5H,3,6-7H2,1H3,(H,14,18)(H,16,17). The molecule has 0 unspecified atom stereocenters. The Balaban J connectivity index is 2.34. The van der Waals surface area contributed by atoms with Crippen molar-refractivity contribution in [3.8, 4) is 0 Å². The zero-order chi connectivity index (χ0) is 12.9. The summed E-state index contributed by atoms with van der Waals surface area (Å²) < 4.78 is 1.71. The molecule has 1 fully saturated rings. The van der Waals surface area contributed by atoms with E-state index in [-0.39, 0.29) is 16.8 Å². The van der Waals surface area contributed by atoms with Crippen LogP contribution >= 0.6 is 0 Å². The molecule has 5 heteroatoms. The predicted molar refractivity (Wildman–Crippen MR) is 67.0 cm³/mol. The second kappa shape index (κ2) is 3.48. The van der Waals surface area contributed by atoms with Gasteiger partial charge in [-0.15, -0.1) is 0 Å². The topological polar surface area (TPSA) is 75.1 Å². The molecule has 1 aliphatic rings. The summed E-state index contributed by atoms with van der Waals surface area (Å²) in [5.74, 6) is -1.02. The maximum absolute atomic E-state index is 12.1. The monoisotopic (exact) mass is 246 g/mol. The molecule has 0 radical (unpaired) electrons. The van der Waals surface area contributed by atoms with Crippen LogP contribution in [-0.4, -0.2) is 20.6 Å². The normalized spacial score (nSPS) is 17.6. The van der Waals surface area contributed by atoms with Crippen molar-refractivity contribution in [1.29, 1.82) is 0 Å². The van der Waals surface area contributed by atoms with Gasteiger partial charge in [-0.2, -0.15) is 0 Å². The van der Waals surface area contributed by atoms with Gasteiger partial charge >= 0.3 is 11.7 Å². The molecule has 0 bridgehead atoms. The molecule has 5 nitrogen and oxygen atoms in total. The molecule has 18 heavy (non-hydrogen) atoms. The van der Waals surface area contributed by atoms with Crippen molar-refractivity contribution >= 4 is 17.0 Å². The smallest absolute Gasteiger partial charge is 0.337 e. The minimum Gasteiger partial charge on any atom is -0.478 e. The highest BCUT2D eigenvalue weighted by atomic mass is 16.4. The van der Waals surface area contributed by atoms with E-state index >= 15 is 0 Å². The number of para-hydroxylation sites is 1. The fourth-order valence-corrected chi connectivity index (χ4v) is 2.76. The molecule has 0 atom stereocenters. The third-order valence-electron chi connectivity index (χ3n) is 3.92. The average molecular weight is 246 g/mol. The van der Waals surface area contributed by atoms with Gasteiger partial charge in [-0.3, -0.25) is 4.57 Å². The van der Waals surface area contributed by atoms with E-state index < -0.39 is 5.97 Å². The van der Waals surface area contributed by atoms with Crippen LogP contribution in [0, 0.1) is 0 Å². The molecule has 0 amide bonds. The zero-order valence-corrected chi connectivity index (χ0v) is 10.1. The minimum absolute atomic E-state index is 0.145. The Hall–Kier alpha value is -2.04. The van der Waals surface area contributed by atoms with Gasteiger partial charge < -0.3 is 10.1 Å². The van der Waals surface area contributed by atoms with Crippen molar-refractivity contribution in [2.45, 2.75) is 31.7 Å². The summed E-state index contributed by atoms with van der Waals surface area (Å²) in [6.07, 6.45) is 3.02. The van der Waals surface area contributed by atoms with Crippen LogP contribution in [0.5, 0.6) is 0 Å². The Bertz CT molecular complexity index is 692. The van der Waals surface area contributed by atoms with Crippen molar-refractivity contribution in [3.05, 3.63) is 34.2 Å². The maximum atomic E-state index is 12.1. The molecule has 0 spiro atoms. The molecule has 2 aromatic rings. The molecule has 3 rings (SSSR count). The summed E-state index contributed by atoms with van der Waals surface area (Å²) in [4.78, 5) is 25.9. The van der Waals surface area contributed by atoms with Crippen molar-refractivity contribution < 1.29 is 9.90 Å². The molecule has 94 valence electrons. The van der Waals surface area contributed by atoms with Crippen LogP contribution < -0.4 is 5.69 Å². The first-order valence-corrected chi connectivity index (χ1v) is 6.00. The lowest BCUT2D eigenvalue weighted by molar-refractivity contribution is 0.0699. The van der Waals surface area contributed by atoms with E-state index in [1.807, 2.05) is 6.92 Å². The van der Waals surface area contributed by atoms with Gasteiger partial charge in [0.15, 0.2) is 0 Å². The molecule has 1 heterocycles. The summed E-state index contributed by atoms with van der Waals surface area (Å²) in [7, 11) is 0. The molecular weight excluding hydrogens is 232 g/mol. The first kappa shape index (κ1) is 11.1.